The van der Waals surface area contributed by atoms with Gasteiger partial charge in [-0.3, -0.25) is 9.89 Å². The number of likely N-dealkylation sites (N-methyl/N-ethyl adjacent to an activating group) is 1. The van der Waals surface area contributed by atoms with Crippen LogP contribution in [0.3, 0.4) is 0 Å². The summed E-state index contributed by atoms with van der Waals surface area (Å²) in [5, 5.41) is 10.9. The van der Waals surface area contributed by atoms with E-state index in [1.54, 1.807) is 19.0 Å². The van der Waals surface area contributed by atoms with Crippen LogP contribution in [-0.2, 0) is 17.6 Å². The van der Waals surface area contributed by atoms with E-state index in [-0.39, 0.29) is 11.9 Å². The van der Waals surface area contributed by atoms with Gasteiger partial charge in [0.15, 0.2) is 5.82 Å². The molecule has 2 aromatic heterocycles. The zero-order valence-electron chi connectivity index (χ0n) is 17.1. The Morgan fingerprint density at radius 3 is 2.82 bits per heavy atom. The molecule has 2 aliphatic rings. The van der Waals surface area contributed by atoms with Gasteiger partial charge in [-0.25, -0.2) is 4.98 Å². The summed E-state index contributed by atoms with van der Waals surface area (Å²) in [4.78, 5) is 26.0. The standard InChI is InChI=1S/C20H29N7O/c1-12(2)15-11-17(25-24-15)22-18-13-7-5-8-14(13)21-20(23-18)27-10-6-9-16(27)19(28)26(3)4/h11-12,16H,5-10H2,1-4H3,(H2,21,22,23,24,25)/t16-/m0/s1. The molecule has 1 amide bonds. The third-order valence-corrected chi connectivity index (χ3v) is 5.62. The van der Waals surface area contributed by atoms with Gasteiger partial charge in [-0.2, -0.15) is 10.1 Å². The number of aromatic amines is 1. The molecule has 8 nitrogen and oxygen atoms in total. The molecule has 1 saturated heterocycles. The van der Waals surface area contributed by atoms with Gasteiger partial charge in [0.25, 0.3) is 0 Å². The second-order valence-corrected chi connectivity index (χ2v) is 8.22. The molecule has 0 saturated carbocycles. The Labute approximate surface area is 165 Å². The molecule has 2 N–H and O–H groups in total. The van der Waals surface area contributed by atoms with E-state index >= 15 is 0 Å². The Balaban J connectivity index is 1.66. The molecule has 0 spiro atoms. The molecule has 0 unspecified atom stereocenters. The van der Waals surface area contributed by atoms with Gasteiger partial charge in [-0.15, -0.1) is 0 Å². The molecule has 150 valence electrons. The third kappa shape index (κ3) is 3.43. The van der Waals surface area contributed by atoms with Crippen LogP contribution in [0.15, 0.2) is 6.07 Å². The lowest BCUT2D eigenvalue weighted by atomic mass is 10.1. The lowest BCUT2D eigenvalue weighted by Gasteiger charge is -2.27. The van der Waals surface area contributed by atoms with E-state index in [1.165, 1.54) is 5.56 Å². The van der Waals surface area contributed by atoms with Crippen LogP contribution in [0.25, 0.3) is 0 Å². The summed E-state index contributed by atoms with van der Waals surface area (Å²) in [5.41, 5.74) is 3.35. The summed E-state index contributed by atoms with van der Waals surface area (Å²) in [5.74, 6) is 2.75. The summed E-state index contributed by atoms with van der Waals surface area (Å²) >= 11 is 0. The largest absolute Gasteiger partial charge is 0.347 e. The van der Waals surface area contributed by atoms with E-state index in [9.17, 15) is 4.79 Å². The minimum Gasteiger partial charge on any atom is -0.347 e. The third-order valence-electron chi connectivity index (χ3n) is 5.62. The number of hydrogen-bond donors (Lipinski definition) is 2. The second kappa shape index (κ2) is 7.41. The van der Waals surface area contributed by atoms with Crippen molar-refractivity contribution >= 4 is 23.5 Å². The number of H-pyrrole nitrogens is 1. The van der Waals surface area contributed by atoms with E-state index < -0.39 is 0 Å². The quantitative estimate of drug-likeness (QED) is 0.825. The lowest BCUT2D eigenvalue weighted by Crippen LogP contribution is -2.43. The van der Waals surface area contributed by atoms with Gasteiger partial charge in [-0.05, 0) is 38.0 Å². The first kappa shape index (κ1) is 18.7. The number of nitrogens with zero attached hydrogens (tertiary/aromatic N) is 5. The summed E-state index contributed by atoms with van der Waals surface area (Å²) < 4.78 is 0. The highest BCUT2D eigenvalue weighted by Crippen LogP contribution is 2.32. The fourth-order valence-corrected chi connectivity index (χ4v) is 4.03. The van der Waals surface area contributed by atoms with Crippen LogP contribution in [0.2, 0.25) is 0 Å². The van der Waals surface area contributed by atoms with Crippen molar-refractivity contribution < 1.29 is 4.79 Å². The molecule has 1 aliphatic carbocycles. The number of aromatic nitrogens is 4. The molecule has 28 heavy (non-hydrogen) atoms. The molecule has 8 heteroatoms. The molecule has 1 atom stereocenters. The second-order valence-electron chi connectivity index (χ2n) is 8.22. The van der Waals surface area contributed by atoms with E-state index in [0.717, 1.165) is 61.7 Å². The average Bonchev–Trinajstić information content (AvgIpc) is 3.40. The number of fused-ring (bicyclic) bond motifs is 1. The minimum atomic E-state index is -0.180. The maximum Gasteiger partial charge on any atom is 0.244 e. The first-order chi connectivity index (χ1) is 13.4. The van der Waals surface area contributed by atoms with Crippen molar-refractivity contribution in [3.63, 3.8) is 0 Å². The zero-order chi connectivity index (χ0) is 19.8. The molecule has 0 bridgehead atoms. The highest BCUT2D eigenvalue weighted by Gasteiger charge is 2.34. The number of hydrogen-bond acceptors (Lipinski definition) is 6. The Hall–Kier alpha value is -2.64. The average molecular weight is 384 g/mol. The number of carbonyl (C=O) groups is 1. The lowest BCUT2D eigenvalue weighted by molar-refractivity contribution is -0.129. The van der Waals surface area contributed by atoms with Crippen molar-refractivity contribution in [3.05, 3.63) is 23.0 Å². The number of rotatable bonds is 5. The molecule has 0 aromatic carbocycles. The molecule has 1 aliphatic heterocycles. The van der Waals surface area contributed by atoms with E-state index in [2.05, 4.69) is 34.3 Å². The van der Waals surface area contributed by atoms with Gasteiger partial charge in [0, 0.05) is 38.0 Å². The number of carbonyl (C=O) groups excluding carboxylic acids is 1. The number of anilines is 3. The highest BCUT2D eigenvalue weighted by molar-refractivity contribution is 5.85. The fourth-order valence-electron chi connectivity index (χ4n) is 4.03. The number of amides is 1. The first-order valence-corrected chi connectivity index (χ1v) is 10.1. The number of aryl methyl sites for hydroxylation is 1. The van der Waals surface area contributed by atoms with Crippen LogP contribution in [0, 0.1) is 0 Å². The molecule has 1 fully saturated rings. The maximum atomic E-state index is 12.6. The van der Waals surface area contributed by atoms with Crippen LogP contribution in [0.1, 0.15) is 56.0 Å². The summed E-state index contributed by atoms with van der Waals surface area (Å²) in [6, 6.07) is 1.85. The van der Waals surface area contributed by atoms with Crippen molar-refractivity contribution in [2.24, 2.45) is 0 Å². The van der Waals surface area contributed by atoms with E-state index in [1.807, 2.05) is 6.07 Å². The Morgan fingerprint density at radius 2 is 2.11 bits per heavy atom. The van der Waals surface area contributed by atoms with E-state index in [4.69, 9.17) is 9.97 Å². The van der Waals surface area contributed by atoms with Gasteiger partial charge in [-0.1, -0.05) is 13.8 Å². The maximum absolute atomic E-state index is 12.6. The predicted molar refractivity (Wildman–Crippen MR) is 109 cm³/mol. The van der Waals surface area contributed by atoms with Crippen LogP contribution in [-0.4, -0.2) is 57.7 Å². The molecule has 4 rings (SSSR count). The van der Waals surface area contributed by atoms with E-state index in [0.29, 0.717) is 11.9 Å². The highest BCUT2D eigenvalue weighted by atomic mass is 16.2. The molecular formula is C20H29N7O. The van der Waals surface area contributed by atoms with Crippen molar-refractivity contribution in [3.8, 4) is 0 Å². The fraction of sp³-hybridized carbons (Fsp3) is 0.600. The van der Waals surface area contributed by atoms with Gasteiger partial charge in [0.2, 0.25) is 11.9 Å². The number of nitrogens with one attached hydrogen (secondary N) is 2. The molecular weight excluding hydrogens is 354 g/mol. The molecule has 0 radical (unpaired) electrons. The van der Waals surface area contributed by atoms with Crippen molar-refractivity contribution in [1.82, 2.24) is 25.1 Å². The van der Waals surface area contributed by atoms with Gasteiger partial charge in [0.05, 0.1) is 5.69 Å². The summed E-state index contributed by atoms with van der Waals surface area (Å²) in [6.45, 7) is 5.07. The van der Waals surface area contributed by atoms with Gasteiger partial charge < -0.3 is 15.1 Å². The predicted octanol–water partition coefficient (Wildman–Crippen LogP) is 2.61. The van der Waals surface area contributed by atoms with Crippen LogP contribution < -0.4 is 10.2 Å². The Morgan fingerprint density at radius 1 is 1.29 bits per heavy atom. The molecule has 2 aromatic rings. The summed E-state index contributed by atoms with van der Waals surface area (Å²) in [6.07, 6.45) is 4.83. The van der Waals surface area contributed by atoms with Gasteiger partial charge >= 0.3 is 0 Å². The van der Waals surface area contributed by atoms with Crippen molar-refractivity contribution in [2.75, 3.05) is 30.9 Å². The normalized spacial score (nSPS) is 18.6. The Bertz CT molecular complexity index is 873. The van der Waals surface area contributed by atoms with Crippen LogP contribution in [0.4, 0.5) is 17.6 Å². The topological polar surface area (TPSA) is 90.0 Å². The minimum absolute atomic E-state index is 0.116. The molecule has 3 heterocycles. The van der Waals surface area contributed by atoms with Crippen molar-refractivity contribution in [1.29, 1.82) is 0 Å². The van der Waals surface area contributed by atoms with Crippen LogP contribution >= 0.6 is 0 Å². The van der Waals surface area contributed by atoms with Gasteiger partial charge in [0.1, 0.15) is 11.9 Å². The zero-order valence-corrected chi connectivity index (χ0v) is 17.1. The monoisotopic (exact) mass is 383 g/mol. The first-order valence-electron chi connectivity index (χ1n) is 10.1. The van der Waals surface area contributed by atoms with Crippen molar-refractivity contribution in [2.45, 2.75) is 57.9 Å². The van der Waals surface area contributed by atoms with Crippen LogP contribution in [0.5, 0.6) is 0 Å². The SMILES string of the molecule is CC(C)c1cc(Nc2nc(N3CCC[C@H]3C(=O)N(C)C)nc3c2CCC3)n[nH]1. The Kier molecular flexibility index (Phi) is 4.95. The smallest absolute Gasteiger partial charge is 0.244 e. The summed E-state index contributed by atoms with van der Waals surface area (Å²) in [7, 11) is 3.61.